The number of hydrogen-bond donors (Lipinski definition) is 4. The summed E-state index contributed by atoms with van der Waals surface area (Å²) in [6.07, 6.45) is 1.08. The first kappa shape index (κ1) is 48.7. The Kier molecular flexibility index (Phi) is 17.4. The number of aryl methyl sites for hydroxylation is 4. The number of anilines is 4. The number of carbonyl (C=O) groups excluding carboxylic acids is 6. The highest BCUT2D eigenvalue weighted by Gasteiger charge is 2.26. The van der Waals surface area contributed by atoms with Crippen LogP contribution in [0.1, 0.15) is 56.8 Å². The number of azo groups is 2. The minimum atomic E-state index is -1.56. The highest BCUT2D eigenvalue weighted by Crippen LogP contribution is 2.29. The minimum Gasteiger partial charge on any atom is -0.324 e. The van der Waals surface area contributed by atoms with E-state index in [1.165, 1.54) is 50.2 Å². The summed E-state index contributed by atoms with van der Waals surface area (Å²) in [6, 6.07) is 23.1. The zero-order chi connectivity index (χ0) is 46.5. The van der Waals surface area contributed by atoms with E-state index in [-0.39, 0.29) is 32.5 Å². The quantitative estimate of drug-likeness (QED) is 0.0382. The molecule has 0 saturated carbocycles. The van der Waals surface area contributed by atoms with E-state index in [1.807, 2.05) is 24.3 Å². The molecule has 5 aromatic carbocycles. The lowest BCUT2D eigenvalue weighted by Crippen LogP contribution is -2.32. The van der Waals surface area contributed by atoms with Crippen LogP contribution in [-0.4, -0.2) is 59.0 Å². The average Bonchev–Trinajstić information content (AvgIpc) is 3.25. The maximum atomic E-state index is 13.4. The first-order valence-corrected chi connectivity index (χ1v) is 21.5. The number of ketones is 2. The van der Waals surface area contributed by atoms with Crippen LogP contribution < -0.4 is 21.3 Å². The van der Waals surface area contributed by atoms with Crippen molar-refractivity contribution in [2.45, 2.75) is 52.6 Å². The van der Waals surface area contributed by atoms with Gasteiger partial charge in [-0.25, -0.2) is 0 Å². The number of rotatable bonds is 18. The van der Waals surface area contributed by atoms with Gasteiger partial charge in [0.2, 0.25) is 12.1 Å². The van der Waals surface area contributed by atoms with Crippen molar-refractivity contribution in [2.24, 2.45) is 20.5 Å². The molecule has 330 valence electrons. The molecule has 0 aliphatic rings. The summed E-state index contributed by atoms with van der Waals surface area (Å²) < 4.78 is 0. The van der Waals surface area contributed by atoms with E-state index in [0.29, 0.717) is 58.5 Å². The number of para-hydroxylation sites is 2. The van der Waals surface area contributed by atoms with E-state index >= 15 is 0 Å². The second kappa shape index (κ2) is 22.9. The SMILES string of the molecule is CC(=O)C(N=Nc1ccc(Cl)c(C(=O)Nc2ccccc2CCCl)c1)C(=O)Nc1cc(C)c(NC(=O)C(N=Nc2ccc(Cl)c(C(=O)Nc3ccccc3CCCl)c2)C(C)=O)cc1C. The Morgan fingerprint density at radius 3 is 1.25 bits per heavy atom. The first-order valence-electron chi connectivity index (χ1n) is 19.6. The Morgan fingerprint density at radius 1 is 0.516 bits per heavy atom. The fourth-order valence-corrected chi connectivity index (χ4v) is 6.99. The Hall–Kier alpha value is -6.32. The second-order valence-corrected chi connectivity index (χ2v) is 15.9. The molecule has 0 heterocycles. The van der Waals surface area contributed by atoms with Gasteiger partial charge in [-0.3, -0.25) is 28.8 Å². The zero-order valence-corrected chi connectivity index (χ0v) is 38.0. The van der Waals surface area contributed by atoms with E-state index < -0.39 is 47.3 Å². The summed E-state index contributed by atoms with van der Waals surface area (Å²) in [4.78, 5) is 78.5. The van der Waals surface area contributed by atoms with Gasteiger partial charge in [0, 0.05) is 34.5 Å². The molecule has 0 aromatic heterocycles. The van der Waals surface area contributed by atoms with Crippen molar-refractivity contribution in [3.8, 4) is 0 Å². The third kappa shape index (κ3) is 12.9. The van der Waals surface area contributed by atoms with Crippen molar-refractivity contribution in [1.82, 2.24) is 0 Å². The van der Waals surface area contributed by atoms with Crippen LogP contribution in [-0.2, 0) is 32.0 Å². The summed E-state index contributed by atoms with van der Waals surface area (Å²) in [5.41, 5.74) is 4.97. The number of nitrogens with zero attached hydrogens (tertiary/aromatic N) is 4. The van der Waals surface area contributed by atoms with Crippen molar-refractivity contribution in [2.75, 3.05) is 33.0 Å². The number of amides is 4. The van der Waals surface area contributed by atoms with E-state index in [2.05, 4.69) is 41.7 Å². The molecule has 14 nitrogen and oxygen atoms in total. The lowest BCUT2D eigenvalue weighted by molar-refractivity contribution is -0.127. The lowest BCUT2D eigenvalue weighted by Gasteiger charge is -2.16. The van der Waals surface area contributed by atoms with Crippen LogP contribution in [0.4, 0.5) is 34.1 Å². The summed E-state index contributed by atoms with van der Waals surface area (Å²) in [5, 5.41) is 27.5. The van der Waals surface area contributed by atoms with Crippen molar-refractivity contribution in [3.63, 3.8) is 0 Å². The third-order valence-corrected chi connectivity index (χ3v) is 10.6. The first-order chi connectivity index (χ1) is 30.6. The van der Waals surface area contributed by atoms with Crippen LogP contribution in [0, 0.1) is 13.8 Å². The average molecular weight is 945 g/mol. The highest BCUT2D eigenvalue weighted by molar-refractivity contribution is 6.35. The molecule has 2 atom stereocenters. The molecule has 5 aromatic rings. The topological polar surface area (TPSA) is 200 Å². The highest BCUT2D eigenvalue weighted by atomic mass is 35.5. The van der Waals surface area contributed by atoms with Gasteiger partial charge in [0.15, 0.2) is 11.6 Å². The van der Waals surface area contributed by atoms with Gasteiger partial charge in [-0.05, 0) is 123 Å². The van der Waals surface area contributed by atoms with Crippen LogP contribution in [0.5, 0.6) is 0 Å². The molecule has 5 rings (SSSR count). The van der Waals surface area contributed by atoms with E-state index in [0.717, 1.165) is 11.1 Å². The summed E-state index contributed by atoms with van der Waals surface area (Å²) >= 11 is 24.6. The van der Waals surface area contributed by atoms with Gasteiger partial charge in [0.25, 0.3) is 23.6 Å². The van der Waals surface area contributed by atoms with Crippen molar-refractivity contribution >= 4 is 116 Å². The molecule has 0 spiro atoms. The Morgan fingerprint density at radius 2 is 0.891 bits per heavy atom. The normalized spacial score (nSPS) is 12.1. The molecule has 4 N–H and O–H groups in total. The predicted octanol–water partition coefficient (Wildman–Crippen LogP) is 11.0. The minimum absolute atomic E-state index is 0.0944. The van der Waals surface area contributed by atoms with Gasteiger partial charge >= 0.3 is 0 Å². The van der Waals surface area contributed by atoms with Gasteiger partial charge in [0.1, 0.15) is 0 Å². The maximum Gasteiger partial charge on any atom is 0.258 e. The van der Waals surface area contributed by atoms with Gasteiger partial charge in [-0.1, -0.05) is 59.6 Å². The van der Waals surface area contributed by atoms with Crippen LogP contribution in [0.25, 0.3) is 0 Å². The van der Waals surface area contributed by atoms with Gasteiger partial charge in [0.05, 0.1) is 32.5 Å². The molecule has 0 saturated heterocycles. The molecular weight excluding hydrogens is 902 g/mol. The molecular formula is C46H42Cl4N8O6. The number of halogens is 4. The summed E-state index contributed by atoms with van der Waals surface area (Å²) in [5.74, 6) is -3.06. The Balaban J connectivity index is 1.26. The van der Waals surface area contributed by atoms with Gasteiger partial charge in [-0.2, -0.15) is 20.5 Å². The van der Waals surface area contributed by atoms with E-state index in [4.69, 9.17) is 46.4 Å². The molecule has 0 bridgehead atoms. The number of Topliss-reactive ketones (excluding diaryl/α,β-unsaturated/α-hetero) is 2. The number of carbonyl (C=O) groups is 6. The maximum absolute atomic E-state index is 13.4. The number of nitrogens with one attached hydrogen (secondary N) is 4. The monoisotopic (exact) mass is 942 g/mol. The molecule has 2 unspecified atom stereocenters. The molecule has 0 radical (unpaired) electrons. The predicted molar refractivity (Wildman–Crippen MR) is 252 cm³/mol. The molecule has 64 heavy (non-hydrogen) atoms. The second-order valence-electron chi connectivity index (χ2n) is 14.3. The van der Waals surface area contributed by atoms with E-state index in [9.17, 15) is 28.8 Å². The van der Waals surface area contributed by atoms with E-state index in [1.54, 1.807) is 50.2 Å². The van der Waals surface area contributed by atoms with Crippen molar-refractivity contribution in [1.29, 1.82) is 0 Å². The Bertz CT molecular complexity index is 2490. The molecule has 0 aliphatic carbocycles. The fraction of sp³-hybridized carbons (Fsp3) is 0.217. The molecule has 18 heteroatoms. The Labute approximate surface area is 389 Å². The molecule has 0 aliphatic heterocycles. The largest absolute Gasteiger partial charge is 0.324 e. The standard InChI is InChI=1S/C46H42Cl4N8O6/c1-25-21-40(54-46(64)42(28(4)60)58-56-32-14-16-36(50)34(24-32)44(62)52-38-12-8-6-10-30(38)18-20-48)26(2)22-39(25)53-45(63)41(27(3)59)57-55-31-13-15-35(49)33(23-31)43(61)51-37-11-7-5-9-29(37)17-19-47/h5-16,21-24,41-42H,17-20H2,1-4H3,(H,51,61)(H,52,62)(H,53,63)(H,54,64). The van der Waals surface area contributed by atoms with Crippen LogP contribution in [0.3, 0.4) is 0 Å². The molecule has 0 fully saturated rings. The van der Waals surface area contributed by atoms with Crippen LogP contribution in [0.15, 0.2) is 118 Å². The van der Waals surface area contributed by atoms with Gasteiger partial charge < -0.3 is 21.3 Å². The van der Waals surface area contributed by atoms with Crippen molar-refractivity contribution in [3.05, 3.63) is 140 Å². The summed E-state index contributed by atoms with van der Waals surface area (Å²) in [6.45, 7) is 5.71. The lowest BCUT2D eigenvalue weighted by atomic mass is 10.1. The fourth-order valence-electron chi connectivity index (χ4n) is 6.18. The van der Waals surface area contributed by atoms with Gasteiger partial charge in [-0.15, -0.1) is 23.2 Å². The molecule has 4 amide bonds. The zero-order valence-electron chi connectivity index (χ0n) is 35.0. The number of benzene rings is 5. The number of alkyl halides is 2. The third-order valence-electron chi connectivity index (χ3n) is 9.58. The van der Waals surface area contributed by atoms with Crippen molar-refractivity contribution < 1.29 is 28.8 Å². The number of hydrogen-bond acceptors (Lipinski definition) is 10. The smallest absolute Gasteiger partial charge is 0.258 e. The van der Waals surface area contributed by atoms with Crippen LogP contribution in [0.2, 0.25) is 10.0 Å². The van der Waals surface area contributed by atoms with Crippen LogP contribution >= 0.6 is 46.4 Å². The summed E-state index contributed by atoms with van der Waals surface area (Å²) in [7, 11) is 0.